The molecule has 6 N–H and O–H groups in total. The molecular formula is C39H48N12O9. The third-order valence-corrected chi connectivity index (χ3v) is 9.08. The first-order valence-electron chi connectivity index (χ1n) is 18.3. The normalized spacial score (nSPS) is 10.6. The lowest BCUT2D eigenvalue weighted by molar-refractivity contribution is -0.119. The SMILES string of the molecule is CC(=O)Nc1c(N(C)NC(C)=O)ccc(-n2c(=O)n(-c3ccc(N(C)NC(C)=O)c(NC(C)=O)c3C)c(=O)n(-c3ccc(N(C)NC(C)=O)c(NC(C)=O)c3C)c2=O)c1C. The number of hydrogen-bond acceptors (Lipinski definition) is 12. The molecule has 0 radical (unpaired) electrons. The lowest BCUT2D eigenvalue weighted by Gasteiger charge is -2.27. The fourth-order valence-corrected chi connectivity index (χ4v) is 6.68. The summed E-state index contributed by atoms with van der Waals surface area (Å²) in [7, 11) is 4.56. The third kappa shape index (κ3) is 9.19. The van der Waals surface area contributed by atoms with Crippen LogP contribution in [-0.2, 0) is 28.8 Å². The van der Waals surface area contributed by atoms with E-state index in [1.807, 2.05) is 0 Å². The highest BCUT2D eigenvalue weighted by atomic mass is 16.2. The lowest BCUT2D eigenvalue weighted by atomic mass is 10.1. The summed E-state index contributed by atoms with van der Waals surface area (Å²) in [6, 6.07) is 8.56. The Bertz CT molecular complexity index is 2330. The standard InChI is InChI=1S/C39H48N12O9/c1-19-28(13-16-31(34(19)40-22(4)52)46(10)43-25(7)55)49-37(58)50(29-14-17-32(47(11)44-26(8)56)35(20(29)2)41-23(5)53)39(60)51(38(49)59)30-15-18-33(48(12)45-27(9)57)36(21(30)3)42-24(6)54/h13-18H,1-12H3,(H,40,52)(H,41,53)(H,42,54)(H,43,55)(H,44,56)(H,45,57). The first-order chi connectivity index (χ1) is 28.0. The predicted molar refractivity (Wildman–Crippen MR) is 227 cm³/mol. The van der Waals surface area contributed by atoms with Gasteiger partial charge in [-0.1, -0.05) is 0 Å². The molecule has 1 aromatic heterocycles. The van der Waals surface area contributed by atoms with E-state index in [-0.39, 0.29) is 67.9 Å². The molecule has 0 aliphatic rings. The molecule has 0 saturated heterocycles. The quantitative estimate of drug-likeness (QED) is 0.111. The van der Waals surface area contributed by atoms with E-state index in [0.717, 1.165) is 13.7 Å². The number of nitrogens with zero attached hydrogens (tertiary/aromatic N) is 6. The van der Waals surface area contributed by atoms with Crippen molar-refractivity contribution >= 4 is 69.6 Å². The zero-order valence-corrected chi connectivity index (χ0v) is 35.3. The number of nitrogens with one attached hydrogen (secondary N) is 6. The molecule has 318 valence electrons. The van der Waals surface area contributed by atoms with Crippen LogP contribution < -0.4 is 64.3 Å². The van der Waals surface area contributed by atoms with Gasteiger partial charge in [0.2, 0.25) is 35.4 Å². The molecule has 60 heavy (non-hydrogen) atoms. The maximum atomic E-state index is 14.9. The maximum absolute atomic E-state index is 14.9. The summed E-state index contributed by atoms with van der Waals surface area (Å²) in [6.07, 6.45) is 0. The lowest BCUT2D eigenvalue weighted by Crippen LogP contribution is -2.53. The Balaban J connectivity index is 2.27. The van der Waals surface area contributed by atoms with Gasteiger partial charge in [-0.25, -0.2) is 28.1 Å². The number of carbonyl (C=O) groups excluding carboxylic acids is 6. The van der Waals surface area contributed by atoms with E-state index in [1.54, 1.807) is 0 Å². The maximum Gasteiger partial charge on any atom is 0.345 e. The number of amides is 6. The molecule has 4 aromatic rings. The Hall–Kier alpha value is -7.71. The number of benzene rings is 3. The first kappa shape index (κ1) is 45.0. The van der Waals surface area contributed by atoms with Crippen LogP contribution in [0.15, 0.2) is 50.8 Å². The number of anilines is 6. The van der Waals surface area contributed by atoms with E-state index in [4.69, 9.17) is 0 Å². The molecule has 21 heteroatoms. The van der Waals surface area contributed by atoms with Gasteiger partial charge >= 0.3 is 17.1 Å². The Kier molecular flexibility index (Phi) is 13.4. The van der Waals surface area contributed by atoms with Crippen LogP contribution in [0.2, 0.25) is 0 Å². The zero-order valence-electron chi connectivity index (χ0n) is 35.3. The summed E-state index contributed by atoms with van der Waals surface area (Å²) >= 11 is 0. The van der Waals surface area contributed by atoms with Gasteiger partial charge in [-0.2, -0.15) is 0 Å². The van der Waals surface area contributed by atoms with Crippen molar-refractivity contribution in [3.05, 3.63) is 84.5 Å². The van der Waals surface area contributed by atoms with Gasteiger partial charge in [0.25, 0.3) is 0 Å². The van der Waals surface area contributed by atoms with Crippen LogP contribution in [0.1, 0.15) is 58.2 Å². The number of carbonyl (C=O) groups is 6. The second-order valence-corrected chi connectivity index (χ2v) is 13.9. The Labute approximate surface area is 343 Å². The summed E-state index contributed by atoms with van der Waals surface area (Å²) in [5.41, 5.74) is 5.89. The molecule has 0 spiro atoms. The third-order valence-electron chi connectivity index (χ3n) is 9.08. The molecule has 6 amide bonds. The summed E-state index contributed by atoms with van der Waals surface area (Å²) < 4.78 is 2.19. The number of hydrazine groups is 3. The highest BCUT2D eigenvalue weighted by Gasteiger charge is 2.27. The van der Waals surface area contributed by atoms with Gasteiger partial charge in [-0.05, 0) is 73.9 Å². The van der Waals surface area contributed by atoms with Crippen molar-refractivity contribution in [2.45, 2.75) is 62.3 Å². The topological polar surface area (TPSA) is 250 Å². The number of aromatic nitrogens is 3. The Morgan fingerprint density at radius 3 is 0.800 bits per heavy atom. The second-order valence-electron chi connectivity index (χ2n) is 13.9. The van der Waals surface area contributed by atoms with Crippen LogP contribution in [0.25, 0.3) is 17.1 Å². The van der Waals surface area contributed by atoms with E-state index in [0.29, 0.717) is 0 Å². The number of rotatable bonds is 12. The van der Waals surface area contributed by atoms with Crippen LogP contribution in [0.3, 0.4) is 0 Å². The summed E-state index contributed by atoms with van der Waals surface area (Å²) in [6.45, 7) is 12.2. The van der Waals surface area contributed by atoms with E-state index in [1.165, 1.54) is 135 Å². The molecule has 0 fully saturated rings. The van der Waals surface area contributed by atoms with Crippen molar-refractivity contribution in [2.24, 2.45) is 0 Å². The van der Waals surface area contributed by atoms with Gasteiger partial charge in [0.1, 0.15) is 0 Å². The van der Waals surface area contributed by atoms with Crippen molar-refractivity contribution in [3.63, 3.8) is 0 Å². The van der Waals surface area contributed by atoms with Crippen molar-refractivity contribution in [1.82, 2.24) is 30.0 Å². The number of hydrogen-bond donors (Lipinski definition) is 6. The van der Waals surface area contributed by atoms with Crippen LogP contribution in [0.4, 0.5) is 34.1 Å². The van der Waals surface area contributed by atoms with Crippen molar-refractivity contribution < 1.29 is 28.8 Å². The largest absolute Gasteiger partial charge is 0.345 e. The van der Waals surface area contributed by atoms with Crippen molar-refractivity contribution in [2.75, 3.05) is 52.1 Å². The van der Waals surface area contributed by atoms with Crippen LogP contribution in [-0.4, -0.2) is 70.3 Å². The molecule has 3 aromatic carbocycles. The second kappa shape index (κ2) is 17.8. The van der Waals surface area contributed by atoms with Gasteiger partial charge in [0.15, 0.2) is 0 Å². The van der Waals surface area contributed by atoms with Gasteiger partial charge in [0.05, 0.1) is 51.2 Å². The van der Waals surface area contributed by atoms with E-state index in [2.05, 4.69) is 32.2 Å². The molecule has 4 rings (SSSR count). The molecule has 0 aliphatic heterocycles. The monoisotopic (exact) mass is 828 g/mol. The minimum Gasteiger partial charge on any atom is -0.324 e. The molecule has 0 saturated carbocycles. The van der Waals surface area contributed by atoms with E-state index < -0.39 is 52.5 Å². The zero-order chi connectivity index (χ0) is 45.1. The van der Waals surface area contributed by atoms with Gasteiger partial charge in [-0.3, -0.25) is 60.1 Å². The predicted octanol–water partition coefficient (Wildman–Crippen LogP) is 1.40. The average molecular weight is 829 g/mol. The summed E-state index contributed by atoms with van der Waals surface area (Å²) in [4.78, 5) is 118. The van der Waals surface area contributed by atoms with Crippen LogP contribution in [0, 0.1) is 20.8 Å². The van der Waals surface area contributed by atoms with Crippen LogP contribution in [0.5, 0.6) is 0 Å². The fourth-order valence-electron chi connectivity index (χ4n) is 6.68. The molecule has 0 atom stereocenters. The van der Waals surface area contributed by atoms with E-state index >= 15 is 0 Å². The van der Waals surface area contributed by atoms with Gasteiger partial charge in [-0.15, -0.1) is 0 Å². The first-order valence-corrected chi connectivity index (χ1v) is 18.3. The smallest absolute Gasteiger partial charge is 0.324 e. The Morgan fingerprint density at radius 1 is 0.400 bits per heavy atom. The summed E-state index contributed by atoms with van der Waals surface area (Å²) in [5.74, 6) is -2.82. The highest BCUT2D eigenvalue weighted by molar-refractivity contribution is 5.97. The minimum atomic E-state index is -1.15. The highest BCUT2D eigenvalue weighted by Crippen LogP contribution is 2.35. The van der Waals surface area contributed by atoms with E-state index in [9.17, 15) is 43.2 Å². The molecule has 0 unspecified atom stereocenters. The fraction of sp³-hybridized carbons (Fsp3) is 0.308. The minimum absolute atomic E-state index is 0.0697. The average Bonchev–Trinajstić information content (AvgIpc) is 3.11. The van der Waals surface area contributed by atoms with Crippen LogP contribution >= 0.6 is 0 Å². The molecule has 0 bridgehead atoms. The van der Waals surface area contributed by atoms with Crippen molar-refractivity contribution in [1.29, 1.82) is 0 Å². The molecule has 21 nitrogen and oxygen atoms in total. The van der Waals surface area contributed by atoms with Gasteiger partial charge in [0, 0.05) is 62.7 Å². The molecular weight excluding hydrogens is 781 g/mol. The summed E-state index contributed by atoms with van der Waals surface area (Å²) in [5, 5.41) is 12.1. The molecule has 1 heterocycles. The van der Waals surface area contributed by atoms with Gasteiger partial charge < -0.3 is 16.0 Å². The molecule has 0 aliphatic carbocycles. The Morgan fingerprint density at radius 2 is 0.617 bits per heavy atom. The van der Waals surface area contributed by atoms with Crippen molar-refractivity contribution in [3.8, 4) is 17.1 Å².